The van der Waals surface area contributed by atoms with E-state index in [0.717, 1.165) is 18.5 Å². The molecule has 0 spiro atoms. The SMILES string of the molecule is CC(C)CN(C1CC1)C1(CN)CCCSC1C. The van der Waals surface area contributed by atoms with Gasteiger partial charge in [-0.15, -0.1) is 0 Å². The summed E-state index contributed by atoms with van der Waals surface area (Å²) >= 11 is 2.13. The summed E-state index contributed by atoms with van der Waals surface area (Å²) in [6, 6.07) is 0.835. The van der Waals surface area contributed by atoms with Crippen LogP contribution in [0.15, 0.2) is 0 Å². The van der Waals surface area contributed by atoms with E-state index < -0.39 is 0 Å². The first-order chi connectivity index (χ1) is 8.10. The zero-order chi connectivity index (χ0) is 12.5. The minimum atomic E-state index is 0.286. The molecule has 2 rings (SSSR count). The number of thioether (sulfide) groups is 1. The lowest BCUT2D eigenvalue weighted by molar-refractivity contribution is 0.0610. The van der Waals surface area contributed by atoms with Gasteiger partial charge in [0.15, 0.2) is 0 Å². The van der Waals surface area contributed by atoms with E-state index in [1.165, 1.54) is 38.0 Å². The van der Waals surface area contributed by atoms with Gasteiger partial charge in [0.2, 0.25) is 0 Å². The Kier molecular flexibility index (Phi) is 4.43. The quantitative estimate of drug-likeness (QED) is 0.820. The number of hydrogen-bond donors (Lipinski definition) is 1. The number of rotatable bonds is 5. The molecule has 0 aromatic rings. The first kappa shape index (κ1) is 13.7. The fourth-order valence-electron chi connectivity index (χ4n) is 3.23. The predicted octanol–water partition coefficient (Wildman–Crippen LogP) is 2.72. The fraction of sp³-hybridized carbons (Fsp3) is 1.00. The molecule has 0 aromatic carbocycles. The van der Waals surface area contributed by atoms with E-state index in [0.29, 0.717) is 5.25 Å². The van der Waals surface area contributed by atoms with Crippen LogP contribution in [0.1, 0.15) is 46.5 Å². The normalized spacial score (nSPS) is 34.6. The van der Waals surface area contributed by atoms with Gasteiger partial charge in [-0.2, -0.15) is 11.8 Å². The fourth-order valence-corrected chi connectivity index (χ4v) is 4.56. The molecule has 0 bridgehead atoms. The van der Waals surface area contributed by atoms with Crippen molar-refractivity contribution >= 4 is 11.8 Å². The van der Waals surface area contributed by atoms with Gasteiger partial charge in [-0.1, -0.05) is 20.8 Å². The molecule has 2 fully saturated rings. The van der Waals surface area contributed by atoms with E-state index in [1.807, 2.05) is 0 Å². The Morgan fingerprint density at radius 1 is 1.41 bits per heavy atom. The van der Waals surface area contributed by atoms with E-state index in [1.54, 1.807) is 0 Å². The molecule has 1 heterocycles. The second-order valence-electron chi connectivity index (χ2n) is 6.20. The molecular weight excluding hydrogens is 228 g/mol. The lowest BCUT2D eigenvalue weighted by atomic mass is 9.86. The summed E-state index contributed by atoms with van der Waals surface area (Å²) < 4.78 is 0. The van der Waals surface area contributed by atoms with Gasteiger partial charge in [-0.3, -0.25) is 4.90 Å². The molecule has 100 valence electrons. The monoisotopic (exact) mass is 256 g/mol. The summed E-state index contributed by atoms with van der Waals surface area (Å²) in [4.78, 5) is 2.79. The lowest BCUT2D eigenvalue weighted by Crippen LogP contribution is -2.62. The van der Waals surface area contributed by atoms with E-state index in [4.69, 9.17) is 5.73 Å². The van der Waals surface area contributed by atoms with Crippen LogP contribution in [0, 0.1) is 5.92 Å². The summed E-state index contributed by atoms with van der Waals surface area (Å²) in [5, 5.41) is 0.695. The highest BCUT2D eigenvalue weighted by Gasteiger charge is 2.47. The average molecular weight is 256 g/mol. The largest absolute Gasteiger partial charge is 0.329 e. The Hall–Kier alpha value is 0.270. The topological polar surface area (TPSA) is 29.3 Å². The zero-order valence-electron chi connectivity index (χ0n) is 11.6. The highest BCUT2D eigenvalue weighted by Crippen LogP contribution is 2.43. The summed E-state index contributed by atoms with van der Waals surface area (Å²) in [7, 11) is 0. The number of nitrogens with two attached hydrogens (primary N) is 1. The molecule has 0 radical (unpaired) electrons. The van der Waals surface area contributed by atoms with Crippen LogP contribution in [0.3, 0.4) is 0 Å². The second-order valence-corrected chi connectivity index (χ2v) is 7.65. The van der Waals surface area contributed by atoms with Crippen molar-refractivity contribution in [3.63, 3.8) is 0 Å². The van der Waals surface area contributed by atoms with Crippen LogP contribution in [0.25, 0.3) is 0 Å². The molecule has 1 saturated heterocycles. The molecule has 17 heavy (non-hydrogen) atoms. The van der Waals surface area contributed by atoms with Crippen LogP contribution in [0.4, 0.5) is 0 Å². The summed E-state index contributed by atoms with van der Waals surface area (Å²) in [5.74, 6) is 2.07. The van der Waals surface area contributed by atoms with Crippen molar-refractivity contribution in [1.82, 2.24) is 4.90 Å². The van der Waals surface area contributed by atoms with Gasteiger partial charge < -0.3 is 5.73 Å². The van der Waals surface area contributed by atoms with E-state index >= 15 is 0 Å². The van der Waals surface area contributed by atoms with Crippen molar-refractivity contribution < 1.29 is 0 Å². The van der Waals surface area contributed by atoms with Crippen molar-refractivity contribution in [3.05, 3.63) is 0 Å². The van der Waals surface area contributed by atoms with Crippen LogP contribution in [0.2, 0.25) is 0 Å². The Morgan fingerprint density at radius 3 is 2.59 bits per heavy atom. The highest BCUT2D eigenvalue weighted by molar-refractivity contribution is 8.00. The lowest BCUT2D eigenvalue weighted by Gasteiger charge is -2.50. The summed E-state index contributed by atoms with van der Waals surface area (Å²) in [5.41, 5.74) is 6.50. The van der Waals surface area contributed by atoms with Gasteiger partial charge >= 0.3 is 0 Å². The molecular formula is C14H28N2S. The van der Waals surface area contributed by atoms with E-state index in [2.05, 4.69) is 37.4 Å². The minimum absolute atomic E-state index is 0.286. The van der Waals surface area contributed by atoms with Crippen molar-refractivity contribution in [2.24, 2.45) is 11.7 Å². The van der Waals surface area contributed by atoms with Gasteiger partial charge in [0, 0.05) is 29.9 Å². The third-order valence-electron chi connectivity index (χ3n) is 4.35. The van der Waals surface area contributed by atoms with E-state index in [-0.39, 0.29) is 5.54 Å². The molecule has 2 unspecified atom stereocenters. The highest BCUT2D eigenvalue weighted by atomic mass is 32.2. The van der Waals surface area contributed by atoms with Crippen LogP contribution in [0.5, 0.6) is 0 Å². The van der Waals surface area contributed by atoms with Crippen LogP contribution in [-0.4, -0.2) is 40.6 Å². The standard InChI is InChI=1S/C14H28N2S/c1-11(2)9-16(13-5-6-13)14(10-15)7-4-8-17-12(14)3/h11-13H,4-10,15H2,1-3H3. The van der Waals surface area contributed by atoms with Crippen LogP contribution >= 0.6 is 11.8 Å². The van der Waals surface area contributed by atoms with Gasteiger partial charge in [-0.25, -0.2) is 0 Å². The first-order valence-electron chi connectivity index (χ1n) is 7.18. The molecule has 0 aromatic heterocycles. The van der Waals surface area contributed by atoms with Crippen molar-refractivity contribution in [1.29, 1.82) is 0 Å². The first-order valence-corrected chi connectivity index (χ1v) is 8.23. The third kappa shape index (κ3) is 2.82. The Morgan fingerprint density at radius 2 is 2.12 bits per heavy atom. The van der Waals surface area contributed by atoms with Crippen LogP contribution in [-0.2, 0) is 0 Å². The summed E-state index contributed by atoms with van der Waals surface area (Å²) in [6.45, 7) is 9.13. The Bertz CT molecular complexity index is 253. The minimum Gasteiger partial charge on any atom is -0.329 e. The molecule has 1 aliphatic heterocycles. The Labute approximate surface area is 111 Å². The van der Waals surface area contributed by atoms with Crippen LogP contribution < -0.4 is 5.73 Å². The van der Waals surface area contributed by atoms with Crippen molar-refractivity contribution in [3.8, 4) is 0 Å². The number of hydrogen-bond acceptors (Lipinski definition) is 3. The average Bonchev–Trinajstić information content (AvgIpc) is 3.11. The van der Waals surface area contributed by atoms with Gasteiger partial charge in [-0.05, 0) is 37.4 Å². The van der Waals surface area contributed by atoms with E-state index in [9.17, 15) is 0 Å². The maximum Gasteiger partial charge on any atom is 0.0450 e. The predicted molar refractivity (Wildman–Crippen MR) is 77.5 cm³/mol. The second kappa shape index (κ2) is 5.50. The Balaban J connectivity index is 2.16. The molecule has 2 nitrogen and oxygen atoms in total. The molecule has 1 aliphatic carbocycles. The van der Waals surface area contributed by atoms with Gasteiger partial charge in [0.1, 0.15) is 0 Å². The van der Waals surface area contributed by atoms with Crippen molar-refractivity contribution in [2.75, 3.05) is 18.8 Å². The van der Waals surface area contributed by atoms with Gasteiger partial charge in [0.05, 0.1) is 0 Å². The third-order valence-corrected chi connectivity index (χ3v) is 5.82. The molecule has 2 atom stereocenters. The maximum atomic E-state index is 6.22. The molecule has 0 amide bonds. The molecule has 1 saturated carbocycles. The number of nitrogens with zero attached hydrogens (tertiary/aromatic N) is 1. The van der Waals surface area contributed by atoms with Gasteiger partial charge in [0.25, 0.3) is 0 Å². The smallest absolute Gasteiger partial charge is 0.0450 e. The molecule has 3 heteroatoms. The van der Waals surface area contributed by atoms with Crippen molar-refractivity contribution in [2.45, 2.75) is 63.3 Å². The molecule has 2 N–H and O–H groups in total. The summed E-state index contributed by atoms with van der Waals surface area (Å²) in [6.07, 6.45) is 5.44. The maximum absolute atomic E-state index is 6.22. The molecule has 2 aliphatic rings. The zero-order valence-corrected chi connectivity index (χ0v) is 12.4.